The summed E-state index contributed by atoms with van der Waals surface area (Å²) in [6, 6.07) is 0. The van der Waals surface area contributed by atoms with Gasteiger partial charge in [0.1, 0.15) is 0 Å². The lowest BCUT2D eigenvalue weighted by atomic mass is 9.77. The molecule has 0 radical (unpaired) electrons. The summed E-state index contributed by atoms with van der Waals surface area (Å²) in [5.74, 6) is 0.762. The van der Waals surface area contributed by atoms with E-state index in [4.69, 9.17) is 10.5 Å². The van der Waals surface area contributed by atoms with E-state index < -0.39 is 0 Å². The molecule has 0 aromatic heterocycles. The van der Waals surface area contributed by atoms with E-state index in [2.05, 4.69) is 23.6 Å². The topological polar surface area (TPSA) is 41.7 Å². The van der Waals surface area contributed by atoms with Gasteiger partial charge in [-0.15, -0.1) is 0 Å². The van der Waals surface area contributed by atoms with Crippen molar-refractivity contribution in [2.75, 3.05) is 52.5 Å². The molecule has 2 aliphatic rings. The normalized spacial score (nSPS) is 35.3. The molecular formula is C14H29N3O. The fourth-order valence-corrected chi connectivity index (χ4v) is 3.86. The van der Waals surface area contributed by atoms with Crippen LogP contribution in [0.2, 0.25) is 0 Å². The fraction of sp³-hybridized carbons (Fsp3) is 1.00. The van der Waals surface area contributed by atoms with Crippen LogP contribution in [0.4, 0.5) is 0 Å². The van der Waals surface area contributed by atoms with Gasteiger partial charge in [0.05, 0.1) is 6.61 Å². The molecule has 0 aliphatic carbocycles. The number of piperidine rings is 1. The van der Waals surface area contributed by atoms with Gasteiger partial charge in [-0.3, -0.25) is 4.90 Å². The second-order valence-corrected chi connectivity index (χ2v) is 5.62. The zero-order valence-electron chi connectivity index (χ0n) is 12.0. The minimum Gasteiger partial charge on any atom is -0.380 e. The number of fused-ring (bicyclic) bond motifs is 2. The summed E-state index contributed by atoms with van der Waals surface area (Å²) in [5.41, 5.74) is 6.44. The van der Waals surface area contributed by atoms with Crippen molar-refractivity contribution in [2.24, 2.45) is 11.7 Å². The molecule has 4 heteroatoms. The first-order valence-electron chi connectivity index (χ1n) is 7.52. The van der Waals surface area contributed by atoms with E-state index in [-0.39, 0.29) is 5.54 Å². The van der Waals surface area contributed by atoms with Crippen LogP contribution in [-0.4, -0.2) is 67.8 Å². The van der Waals surface area contributed by atoms with Crippen molar-refractivity contribution in [1.82, 2.24) is 9.80 Å². The highest BCUT2D eigenvalue weighted by Gasteiger charge is 2.48. The molecule has 0 spiro atoms. The molecule has 4 nitrogen and oxygen atoms in total. The number of ether oxygens (including phenoxy) is 1. The second kappa shape index (κ2) is 6.33. The molecule has 0 saturated carbocycles. The summed E-state index contributed by atoms with van der Waals surface area (Å²) in [4.78, 5) is 5.19. The lowest BCUT2D eigenvalue weighted by Gasteiger charge is -2.50. The van der Waals surface area contributed by atoms with Crippen LogP contribution in [0.15, 0.2) is 0 Å². The number of hydrogen-bond donors (Lipinski definition) is 1. The van der Waals surface area contributed by atoms with Gasteiger partial charge in [-0.1, -0.05) is 6.92 Å². The van der Waals surface area contributed by atoms with E-state index in [9.17, 15) is 0 Å². The van der Waals surface area contributed by atoms with Gasteiger partial charge in [-0.2, -0.15) is 0 Å². The lowest BCUT2D eigenvalue weighted by Crippen LogP contribution is -2.62. The summed E-state index contributed by atoms with van der Waals surface area (Å²) in [6.45, 7) is 12.6. The van der Waals surface area contributed by atoms with Crippen molar-refractivity contribution in [3.8, 4) is 0 Å². The molecule has 2 aliphatic heterocycles. The Morgan fingerprint density at radius 3 is 2.89 bits per heavy atom. The summed E-state index contributed by atoms with van der Waals surface area (Å²) in [7, 11) is 0. The maximum Gasteiger partial charge on any atom is 0.0593 e. The van der Waals surface area contributed by atoms with Crippen molar-refractivity contribution in [3.05, 3.63) is 0 Å². The number of nitrogens with zero attached hydrogens (tertiary/aromatic N) is 2. The van der Waals surface area contributed by atoms with Crippen molar-refractivity contribution in [2.45, 2.75) is 32.2 Å². The lowest BCUT2D eigenvalue weighted by molar-refractivity contribution is -0.00735. The van der Waals surface area contributed by atoms with E-state index in [0.29, 0.717) is 0 Å². The maximum absolute atomic E-state index is 6.20. The average Bonchev–Trinajstić information content (AvgIpc) is 2.81. The molecule has 2 bridgehead atoms. The number of rotatable bonds is 7. The molecule has 2 heterocycles. The molecule has 18 heavy (non-hydrogen) atoms. The predicted molar refractivity (Wildman–Crippen MR) is 74.7 cm³/mol. The van der Waals surface area contributed by atoms with E-state index >= 15 is 0 Å². The molecule has 3 unspecified atom stereocenters. The zero-order valence-corrected chi connectivity index (χ0v) is 12.0. The third-order valence-electron chi connectivity index (χ3n) is 4.97. The Hall–Kier alpha value is -0.160. The Bertz CT molecular complexity index is 261. The van der Waals surface area contributed by atoms with Crippen LogP contribution in [0.1, 0.15) is 26.7 Å². The Kier molecular flexibility index (Phi) is 5.01. The zero-order chi connectivity index (χ0) is 13.0. The second-order valence-electron chi connectivity index (χ2n) is 5.62. The van der Waals surface area contributed by atoms with E-state index in [0.717, 1.165) is 38.8 Å². The summed E-state index contributed by atoms with van der Waals surface area (Å²) in [5, 5.41) is 0. The van der Waals surface area contributed by atoms with Gasteiger partial charge >= 0.3 is 0 Å². The third-order valence-corrected chi connectivity index (χ3v) is 4.97. The summed E-state index contributed by atoms with van der Waals surface area (Å²) >= 11 is 0. The number of likely N-dealkylation sites (N-methyl/N-ethyl adjacent to an activating group) is 1. The predicted octanol–water partition coefficient (Wildman–Crippen LogP) is 0.768. The third kappa shape index (κ3) is 2.57. The van der Waals surface area contributed by atoms with Crippen LogP contribution in [-0.2, 0) is 4.74 Å². The van der Waals surface area contributed by atoms with Crippen LogP contribution >= 0.6 is 0 Å². The average molecular weight is 255 g/mol. The Morgan fingerprint density at radius 2 is 2.22 bits per heavy atom. The van der Waals surface area contributed by atoms with Gasteiger partial charge in [0.25, 0.3) is 0 Å². The monoisotopic (exact) mass is 255 g/mol. The van der Waals surface area contributed by atoms with E-state index in [1.807, 2.05) is 0 Å². The van der Waals surface area contributed by atoms with Crippen molar-refractivity contribution >= 4 is 0 Å². The van der Waals surface area contributed by atoms with Crippen molar-refractivity contribution < 1.29 is 4.74 Å². The molecule has 0 amide bonds. The van der Waals surface area contributed by atoms with E-state index in [1.54, 1.807) is 0 Å². The van der Waals surface area contributed by atoms with Crippen LogP contribution < -0.4 is 5.73 Å². The van der Waals surface area contributed by atoms with Gasteiger partial charge in [0.2, 0.25) is 0 Å². The van der Waals surface area contributed by atoms with Crippen LogP contribution in [0.5, 0.6) is 0 Å². The molecule has 2 saturated heterocycles. The smallest absolute Gasteiger partial charge is 0.0593 e. The molecule has 2 N–H and O–H groups in total. The SMILES string of the molecule is CCOCCN(CC)C1(CN)CCN2CCC1C2. The summed E-state index contributed by atoms with van der Waals surface area (Å²) in [6.07, 6.45) is 2.55. The summed E-state index contributed by atoms with van der Waals surface area (Å²) < 4.78 is 5.53. The molecular weight excluding hydrogens is 226 g/mol. The molecule has 0 aromatic carbocycles. The number of hydrogen-bond acceptors (Lipinski definition) is 4. The molecule has 2 rings (SSSR count). The Labute approximate surface area is 111 Å². The van der Waals surface area contributed by atoms with Crippen molar-refractivity contribution in [3.63, 3.8) is 0 Å². The first-order valence-corrected chi connectivity index (χ1v) is 7.52. The number of nitrogens with two attached hydrogens (primary N) is 1. The molecule has 2 fully saturated rings. The minimum atomic E-state index is 0.235. The molecule has 106 valence electrons. The van der Waals surface area contributed by atoms with Crippen LogP contribution in [0.3, 0.4) is 0 Å². The van der Waals surface area contributed by atoms with Crippen LogP contribution in [0, 0.1) is 5.92 Å². The minimum absolute atomic E-state index is 0.235. The van der Waals surface area contributed by atoms with Gasteiger partial charge in [0.15, 0.2) is 0 Å². The highest BCUT2D eigenvalue weighted by molar-refractivity contribution is 5.04. The van der Waals surface area contributed by atoms with Crippen molar-refractivity contribution in [1.29, 1.82) is 0 Å². The first kappa shape index (κ1) is 14.3. The molecule has 3 atom stereocenters. The van der Waals surface area contributed by atoms with Crippen LogP contribution in [0.25, 0.3) is 0 Å². The first-order chi connectivity index (χ1) is 8.76. The van der Waals surface area contributed by atoms with Gasteiger partial charge in [-0.05, 0) is 45.3 Å². The highest BCUT2D eigenvalue weighted by atomic mass is 16.5. The quantitative estimate of drug-likeness (QED) is 0.682. The Balaban J connectivity index is 2.03. The Morgan fingerprint density at radius 1 is 1.39 bits per heavy atom. The van der Waals surface area contributed by atoms with Gasteiger partial charge < -0.3 is 15.4 Å². The standard InChI is InChI=1S/C14H29N3O/c1-3-17(9-10-18-4-2)14(12-15)6-8-16-7-5-13(14)11-16/h13H,3-12,15H2,1-2H3. The fourth-order valence-electron chi connectivity index (χ4n) is 3.86. The van der Waals surface area contributed by atoms with Gasteiger partial charge in [0, 0.05) is 31.8 Å². The van der Waals surface area contributed by atoms with Gasteiger partial charge in [-0.25, -0.2) is 0 Å². The maximum atomic E-state index is 6.20. The van der Waals surface area contributed by atoms with E-state index in [1.165, 1.54) is 32.5 Å². The largest absolute Gasteiger partial charge is 0.380 e. The highest BCUT2D eigenvalue weighted by Crippen LogP contribution is 2.39. The molecule has 0 aromatic rings.